The van der Waals surface area contributed by atoms with Crippen molar-refractivity contribution in [1.29, 1.82) is 0 Å². The van der Waals surface area contributed by atoms with E-state index in [1.165, 1.54) is 6.42 Å². The van der Waals surface area contributed by atoms with Gasteiger partial charge in [0.15, 0.2) is 17.3 Å². The van der Waals surface area contributed by atoms with Crippen LogP contribution in [0.5, 0.6) is 11.5 Å². The summed E-state index contributed by atoms with van der Waals surface area (Å²) >= 11 is 0. The summed E-state index contributed by atoms with van der Waals surface area (Å²) < 4.78 is 21.7. The Morgan fingerprint density at radius 3 is 3.04 bits per heavy atom. The third-order valence-electron chi connectivity index (χ3n) is 5.11. The summed E-state index contributed by atoms with van der Waals surface area (Å²) in [7, 11) is 0. The zero-order valence-corrected chi connectivity index (χ0v) is 15.5. The molecule has 144 valence electrons. The van der Waals surface area contributed by atoms with Crippen LogP contribution in [0.25, 0.3) is 11.3 Å². The number of rotatable bonds is 6. The molecular weight excluding hydrogens is 348 g/mol. The molecule has 0 radical (unpaired) electrons. The molecule has 7 nitrogen and oxygen atoms in total. The summed E-state index contributed by atoms with van der Waals surface area (Å²) in [6.45, 7) is 3.51. The van der Waals surface area contributed by atoms with E-state index in [4.69, 9.17) is 18.7 Å². The van der Waals surface area contributed by atoms with Crippen molar-refractivity contribution in [2.24, 2.45) is 0 Å². The minimum atomic E-state index is 0.0565. The van der Waals surface area contributed by atoms with Gasteiger partial charge in [-0.3, -0.25) is 4.79 Å². The Morgan fingerprint density at radius 1 is 1.26 bits per heavy atom. The van der Waals surface area contributed by atoms with Crippen LogP contribution in [0, 0.1) is 0 Å². The van der Waals surface area contributed by atoms with E-state index < -0.39 is 0 Å². The SMILES string of the molecule is CC[C@@H]1CCCCN1C(=O)COCc1cc(-c2ccc3c(c2)OCO3)on1. The van der Waals surface area contributed by atoms with E-state index in [1.54, 1.807) is 0 Å². The summed E-state index contributed by atoms with van der Waals surface area (Å²) in [5.41, 5.74) is 1.51. The van der Waals surface area contributed by atoms with Crippen molar-refractivity contribution >= 4 is 5.91 Å². The van der Waals surface area contributed by atoms with Gasteiger partial charge >= 0.3 is 0 Å². The van der Waals surface area contributed by atoms with Gasteiger partial charge < -0.3 is 23.6 Å². The Morgan fingerprint density at radius 2 is 2.15 bits per heavy atom. The molecule has 0 unspecified atom stereocenters. The molecule has 0 saturated carbocycles. The maximum absolute atomic E-state index is 12.4. The highest BCUT2D eigenvalue weighted by Gasteiger charge is 2.25. The van der Waals surface area contributed by atoms with Crippen LogP contribution < -0.4 is 9.47 Å². The average Bonchev–Trinajstić information content (AvgIpc) is 3.36. The number of hydrogen-bond acceptors (Lipinski definition) is 6. The molecule has 7 heteroatoms. The summed E-state index contributed by atoms with van der Waals surface area (Å²) in [5.74, 6) is 2.10. The van der Waals surface area contributed by atoms with Gasteiger partial charge in [0.2, 0.25) is 12.7 Å². The van der Waals surface area contributed by atoms with Crippen molar-refractivity contribution in [1.82, 2.24) is 10.1 Å². The lowest BCUT2D eigenvalue weighted by Gasteiger charge is -2.35. The molecule has 2 aliphatic heterocycles. The average molecular weight is 372 g/mol. The molecule has 4 rings (SSSR count). The smallest absolute Gasteiger partial charge is 0.248 e. The van der Waals surface area contributed by atoms with Crippen molar-refractivity contribution < 1.29 is 23.5 Å². The number of amides is 1. The molecular formula is C20H24N2O5. The second-order valence-corrected chi connectivity index (χ2v) is 6.89. The van der Waals surface area contributed by atoms with Crippen molar-refractivity contribution in [2.45, 2.75) is 45.3 Å². The number of carbonyl (C=O) groups is 1. The molecule has 2 aliphatic rings. The fourth-order valence-electron chi connectivity index (χ4n) is 3.64. The van der Waals surface area contributed by atoms with E-state index in [-0.39, 0.29) is 25.9 Å². The first kappa shape index (κ1) is 17.9. The third-order valence-corrected chi connectivity index (χ3v) is 5.11. The monoisotopic (exact) mass is 372 g/mol. The maximum atomic E-state index is 12.4. The number of benzene rings is 1. The van der Waals surface area contributed by atoms with Gasteiger partial charge in [0, 0.05) is 24.2 Å². The number of piperidine rings is 1. The first-order valence-corrected chi connectivity index (χ1v) is 9.47. The highest BCUT2D eigenvalue weighted by atomic mass is 16.7. The third kappa shape index (κ3) is 3.93. The molecule has 2 aromatic rings. The molecule has 1 atom stereocenters. The van der Waals surface area contributed by atoms with Crippen molar-refractivity contribution in [3.05, 3.63) is 30.0 Å². The number of nitrogens with zero attached hydrogens (tertiary/aromatic N) is 2. The fourth-order valence-corrected chi connectivity index (χ4v) is 3.64. The highest BCUT2D eigenvalue weighted by Crippen LogP contribution is 2.36. The number of fused-ring (bicyclic) bond motifs is 1. The predicted octanol–water partition coefficient (Wildman–Crippen LogP) is 3.38. The van der Waals surface area contributed by atoms with Gasteiger partial charge in [-0.05, 0) is 43.9 Å². The van der Waals surface area contributed by atoms with E-state index >= 15 is 0 Å². The van der Waals surface area contributed by atoms with Crippen molar-refractivity contribution in [3.8, 4) is 22.8 Å². The van der Waals surface area contributed by atoms with Crippen LogP contribution in [0.4, 0.5) is 0 Å². The van der Waals surface area contributed by atoms with Gasteiger partial charge in [0.05, 0.1) is 6.61 Å². The summed E-state index contributed by atoms with van der Waals surface area (Å²) in [6.07, 6.45) is 4.35. The Kier molecular flexibility index (Phi) is 5.29. The summed E-state index contributed by atoms with van der Waals surface area (Å²) in [5, 5.41) is 4.03. The number of likely N-dealkylation sites (tertiary alicyclic amines) is 1. The number of hydrogen-bond donors (Lipinski definition) is 0. The van der Waals surface area contributed by atoms with Crippen LogP contribution >= 0.6 is 0 Å². The normalized spacial score (nSPS) is 18.7. The summed E-state index contributed by atoms with van der Waals surface area (Å²) in [4.78, 5) is 14.4. The molecule has 0 bridgehead atoms. The van der Waals surface area contributed by atoms with E-state index in [2.05, 4.69) is 12.1 Å². The molecule has 1 amide bonds. The zero-order valence-electron chi connectivity index (χ0n) is 15.5. The van der Waals surface area contributed by atoms with E-state index in [1.807, 2.05) is 29.2 Å². The number of carbonyl (C=O) groups excluding carboxylic acids is 1. The number of aromatic nitrogens is 1. The van der Waals surface area contributed by atoms with Gasteiger partial charge in [-0.1, -0.05) is 12.1 Å². The van der Waals surface area contributed by atoms with Crippen LogP contribution in [0.1, 0.15) is 38.3 Å². The topological polar surface area (TPSA) is 74.0 Å². The predicted molar refractivity (Wildman–Crippen MR) is 97.4 cm³/mol. The second kappa shape index (κ2) is 8.00. The minimum absolute atomic E-state index is 0.0565. The molecule has 27 heavy (non-hydrogen) atoms. The highest BCUT2D eigenvalue weighted by molar-refractivity contribution is 5.77. The Hall–Kier alpha value is -2.54. The van der Waals surface area contributed by atoms with Crippen LogP contribution in [-0.2, 0) is 16.1 Å². The fraction of sp³-hybridized carbons (Fsp3) is 0.500. The standard InChI is InChI=1S/C20H24N2O5/c1-2-16-5-3-4-8-22(16)20(23)12-24-11-15-10-18(27-21-15)14-6-7-17-19(9-14)26-13-25-17/h6-7,9-10,16H,2-5,8,11-13H2,1H3/t16-/m1/s1. The van der Waals surface area contributed by atoms with Gasteiger partial charge in [-0.2, -0.15) is 0 Å². The molecule has 1 saturated heterocycles. The van der Waals surface area contributed by atoms with Gasteiger partial charge in [-0.15, -0.1) is 0 Å². The van der Waals surface area contributed by atoms with Gasteiger partial charge in [0.25, 0.3) is 0 Å². The van der Waals surface area contributed by atoms with Gasteiger partial charge in [-0.25, -0.2) is 0 Å². The lowest BCUT2D eigenvalue weighted by Crippen LogP contribution is -2.45. The van der Waals surface area contributed by atoms with Crippen molar-refractivity contribution in [3.63, 3.8) is 0 Å². The molecule has 0 N–H and O–H groups in total. The quantitative estimate of drug-likeness (QED) is 0.774. The van der Waals surface area contributed by atoms with Crippen LogP contribution in [0.3, 0.4) is 0 Å². The molecule has 1 aromatic heterocycles. The van der Waals surface area contributed by atoms with E-state index in [0.717, 1.165) is 37.1 Å². The number of ether oxygens (including phenoxy) is 3. The molecule has 3 heterocycles. The largest absolute Gasteiger partial charge is 0.454 e. The Balaban J connectivity index is 1.31. The lowest BCUT2D eigenvalue weighted by molar-refractivity contribution is -0.140. The van der Waals surface area contributed by atoms with Crippen LogP contribution in [-0.4, -0.2) is 42.0 Å². The zero-order chi connectivity index (χ0) is 18.6. The first-order valence-electron chi connectivity index (χ1n) is 9.47. The van der Waals surface area contributed by atoms with E-state index in [0.29, 0.717) is 23.2 Å². The second-order valence-electron chi connectivity index (χ2n) is 6.89. The first-order chi connectivity index (χ1) is 13.2. The molecule has 1 fully saturated rings. The van der Waals surface area contributed by atoms with Crippen LogP contribution in [0.2, 0.25) is 0 Å². The molecule has 1 aromatic carbocycles. The molecule has 0 aliphatic carbocycles. The molecule has 0 spiro atoms. The van der Waals surface area contributed by atoms with E-state index in [9.17, 15) is 4.79 Å². The van der Waals surface area contributed by atoms with Gasteiger partial charge in [0.1, 0.15) is 12.3 Å². The lowest BCUT2D eigenvalue weighted by atomic mass is 10.00. The van der Waals surface area contributed by atoms with Crippen molar-refractivity contribution in [2.75, 3.05) is 19.9 Å². The Bertz CT molecular complexity index is 803. The Labute approximate surface area is 158 Å². The summed E-state index contributed by atoms with van der Waals surface area (Å²) in [6, 6.07) is 7.76. The van der Waals surface area contributed by atoms with Crippen LogP contribution in [0.15, 0.2) is 28.8 Å². The maximum Gasteiger partial charge on any atom is 0.248 e. The minimum Gasteiger partial charge on any atom is -0.454 e.